The van der Waals surface area contributed by atoms with Gasteiger partial charge in [-0.15, -0.1) is 0 Å². The number of aromatic nitrogens is 1. The highest BCUT2D eigenvalue weighted by molar-refractivity contribution is 9.10. The Morgan fingerprint density at radius 1 is 1.22 bits per heavy atom. The van der Waals surface area contributed by atoms with Gasteiger partial charge >= 0.3 is 0 Å². The van der Waals surface area contributed by atoms with Crippen molar-refractivity contribution in [2.75, 3.05) is 0 Å². The Balaban J connectivity index is 1.96. The van der Waals surface area contributed by atoms with E-state index in [-0.39, 0.29) is 11.9 Å². The van der Waals surface area contributed by atoms with Gasteiger partial charge in [-0.05, 0) is 52.7 Å². The van der Waals surface area contributed by atoms with Crippen molar-refractivity contribution in [2.45, 2.75) is 19.5 Å². The molecule has 0 aliphatic heterocycles. The average molecular weight is 309 g/mol. The van der Waals surface area contributed by atoms with Crippen molar-refractivity contribution in [3.63, 3.8) is 0 Å². The minimum absolute atomic E-state index is 0.159. The van der Waals surface area contributed by atoms with Crippen LogP contribution in [-0.2, 0) is 6.54 Å². The molecule has 0 aliphatic rings. The van der Waals surface area contributed by atoms with Gasteiger partial charge < -0.3 is 5.32 Å². The number of pyridine rings is 1. The monoisotopic (exact) mass is 308 g/mol. The molecular weight excluding hydrogens is 295 g/mol. The van der Waals surface area contributed by atoms with Crippen LogP contribution in [-0.4, -0.2) is 4.98 Å². The first-order chi connectivity index (χ1) is 8.65. The van der Waals surface area contributed by atoms with Gasteiger partial charge in [0.2, 0.25) is 0 Å². The average Bonchev–Trinajstić information content (AvgIpc) is 2.37. The first-order valence-electron chi connectivity index (χ1n) is 5.75. The van der Waals surface area contributed by atoms with Gasteiger partial charge in [0.1, 0.15) is 10.4 Å². The van der Waals surface area contributed by atoms with Crippen molar-refractivity contribution in [3.05, 3.63) is 64.1 Å². The van der Waals surface area contributed by atoms with Crippen LogP contribution in [0.3, 0.4) is 0 Å². The summed E-state index contributed by atoms with van der Waals surface area (Å²) in [4.78, 5) is 4.35. The maximum Gasteiger partial charge on any atom is 0.123 e. The van der Waals surface area contributed by atoms with E-state index in [9.17, 15) is 4.39 Å². The van der Waals surface area contributed by atoms with Crippen LogP contribution in [0, 0.1) is 5.82 Å². The summed E-state index contributed by atoms with van der Waals surface area (Å²) in [5.74, 6) is -0.209. The Kier molecular flexibility index (Phi) is 4.44. The Morgan fingerprint density at radius 3 is 2.61 bits per heavy atom. The zero-order valence-corrected chi connectivity index (χ0v) is 11.6. The first kappa shape index (κ1) is 13.2. The van der Waals surface area contributed by atoms with Crippen LogP contribution >= 0.6 is 15.9 Å². The van der Waals surface area contributed by atoms with E-state index < -0.39 is 0 Å². The first-order valence-corrected chi connectivity index (χ1v) is 6.55. The second-order valence-corrected chi connectivity index (χ2v) is 4.92. The maximum atomic E-state index is 12.8. The topological polar surface area (TPSA) is 24.9 Å². The number of nitrogens with one attached hydrogen (secondary N) is 1. The van der Waals surface area contributed by atoms with Crippen molar-refractivity contribution in [3.8, 4) is 0 Å². The molecular formula is C14H14BrFN2. The van der Waals surface area contributed by atoms with E-state index in [2.05, 4.69) is 26.2 Å². The summed E-state index contributed by atoms with van der Waals surface area (Å²) in [7, 11) is 0. The second-order valence-electron chi connectivity index (χ2n) is 4.11. The molecule has 0 amide bonds. The highest BCUT2D eigenvalue weighted by atomic mass is 79.9. The molecule has 0 fully saturated rings. The molecule has 2 nitrogen and oxygen atoms in total. The summed E-state index contributed by atoms with van der Waals surface area (Å²) >= 11 is 3.34. The maximum absolute atomic E-state index is 12.8. The number of nitrogens with zero attached hydrogens (tertiary/aromatic N) is 1. The summed E-state index contributed by atoms with van der Waals surface area (Å²) in [5.41, 5.74) is 2.03. The van der Waals surface area contributed by atoms with E-state index in [0.29, 0.717) is 6.54 Å². The number of hydrogen-bond acceptors (Lipinski definition) is 2. The van der Waals surface area contributed by atoms with E-state index in [1.54, 1.807) is 12.1 Å². The molecule has 0 radical (unpaired) electrons. The molecule has 0 spiro atoms. The highest BCUT2D eigenvalue weighted by Crippen LogP contribution is 2.14. The molecule has 2 rings (SSSR count). The van der Waals surface area contributed by atoms with Crippen molar-refractivity contribution in [1.82, 2.24) is 10.3 Å². The molecule has 1 unspecified atom stereocenters. The zero-order valence-electron chi connectivity index (χ0n) is 10.0. The zero-order chi connectivity index (χ0) is 13.0. The Bertz CT molecular complexity index is 513. The summed E-state index contributed by atoms with van der Waals surface area (Å²) in [6.45, 7) is 2.73. The molecule has 4 heteroatoms. The number of rotatable bonds is 4. The van der Waals surface area contributed by atoms with Crippen molar-refractivity contribution >= 4 is 15.9 Å². The minimum Gasteiger partial charge on any atom is -0.305 e. The summed E-state index contributed by atoms with van der Waals surface area (Å²) in [6.07, 6.45) is 0. The fourth-order valence-electron chi connectivity index (χ4n) is 1.68. The van der Waals surface area contributed by atoms with Crippen LogP contribution in [0.1, 0.15) is 24.2 Å². The molecule has 0 bridgehead atoms. The Morgan fingerprint density at radius 2 is 1.94 bits per heavy atom. The molecule has 0 saturated carbocycles. The third-order valence-electron chi connectivity index (χ3n) is 2.73. The fourth-order valence-corrected chi connectivity index (χ4v) is 2.06. The van der Waals surface area contributed by atoms with E-state index in [1.807, 2.05) is 25.1 Å². The summed E-state index contributed by atoms with van der Waals surface area (Å²) < 4.78 is 13.6. The van der Waals surface area contributed by atoms with E-state index in [4.69, 9.17) is 0 Å². The third kappa shape index (κ3) is 3.62. The van der Waals surface area contributed by atoms with Crippen LogP contribution in [0.4, 0.5) is 4.39 Å². The number of halogens is 2. The van der Waals surface area contributed by atoms with Gasteiger partial charge in [-0.1, -0.05) is 18.2 Å². The van der Waals surface area contributed by atoms with E-state index in [1.165, 1.54) is 12.1 Å². The van der Waals surface area contributed by atoms with Gasteiger partial charge in [0.05, 0.1) is 5.69 Å². The van der Waals surface area contributed by atoms with Gasteiger partial charge in [0.15, 0.2) is 0 Å². The Labute approximate surface area is 114 Å². The van der Waals surface area contributed by atoms with Crippen molar-refractivity contribution < 1.29 is 4.39 Å². The molecule has 18 heavy (non-hydrogen) atoms. The molecule has 1 atom stereocenters. The van der Waals surface area contributed by atoms with Crippen LogP contribution in [0.15, 0.2) is 47.1 Å². The van der Waals surface area contributed by atoms with Crippen LogP contribution in [0.25, 0.3) is 0 Å². The van der Waals surface area contributed by atoms with Gasteiger partial charge in [-0.2, -0.15) is 0 Å². The smallest absolute Gasteiger partial charge is 0.123 e. The van der Waals surface area contributed by atoms with Crippen LogP contribution in [0.2, 0.25) is 0 Å². The second kappa shape index (κ2) is 6.07. The lowest BCUT2D eigenvalue weighted by molar-refractivity contribution is 0.564. The standard InChI is InChI=1S/C14H14BrFN2/c1-10(11-5-7-12(16)8-6-11)17-9-13-3-2-4-14(15)18-13/h2-8,10,17H,9H2,1H3. The predicted molar refractivity (Wildman–Crippen MR) is 73.6 cm³/mol. The third-order valence-corrected chi connectivity index (χ3v) is 3.17. The lowest BCUT2D eigenvalue weighted by atomic mass is 10.1. The van der Waals surface area contributed by atoms with Crippen LogP contribution in [0.5, 0.6) is 0 Å². The molecule has 1 aromatic heterocycles. The van der Waals surface area contributed by atoms with Crippen molar-refractivity contribution in [1.29, 1.82) is 0 Å². The fraction of sp³-hybridized carbons (Fsp3) is 0.214. The SMILES string of the molecule is CC(NCc1cccc(Br)n1)c1ccc(F)cc1. The highest BCUT2D eigenvalue weighted by Gasteiger charge is 2.05. The van der Waals surface area contributed by atoms with Gasteiger partial charge in [0.25, 0.3) is 0 Å². The lowest BCUT2D eigenvalue weighted by Crippen LogP contribution is -2.18. The molecule has 2 aromatic rings. The normalized spacial score (nSPS) is 12.4. The van der Waals surface area contributed by atoms with Gasteiger partial charge in [-0.25, -0.2) is 9.37 Å². The largest absolute Gasteiger partial charge is 0.305 e. The summed E-state index contributed by atoms with van der Waals surface area (Å²) in [5, 5.41) is 3.36. The van der Waals surface area contributed by atoms with Crippen molar-refractivity contribution in [2.24, 2.45) is 0 Å². The number of benzene rings is 1. The quantitative estimate of drug-likeness (QED) is 0.868. The van der Waals surface area contributed by atoms with Crippen LogP contribution < -0.4 is 5.32 Å². The summed E-state index contributed by atoms with van der Waals surface area (Å²) in [6, 6.07) is 12.5. The molecule has 1 aromatic carbocycles. The molecule has 1 N–H and O–H groups in total. The molecule has 94 valence electrons. The molecule has 1 heterocycles. The predicted octanol–water partition coefficient (Wildman–Crippen LogP) is 3.83. The number of hydrogen-bond donors (Lipinski definition) is 1. The van der Waals surface area contributed by atoms with E-state index >= 15 is 0 Å². The minimum atomic E-state index is -0.209. The Hall–Kier alpha value is -1.26. The lowest BCUT2D eigenvalue weighted by Gasteiger charge is -2.14. The molecule has 0 aliphatic carbocycles. The van der Waals surface area contributed by atoms with Gasteiger partial charge in [-0.3, -0.25) is 0 Å². The van der Waals surface area contributed by atoms with Gasteiger partial charge in [0, 0.05) is 12.6 Å². The van der Waals surface area contributed by atoms with E-state index in [0.717, 1.165) is 15.9 Å². The molecule has 0 saturated heterocycles.